The molecule has 232 valence electrons. The van der Waals surface area contributed by atoms with Gasteiger partial charge in [-0.3, -0.25) is 14.9 Å². The molecule has 44 heavy (non-hydrogen) atoms. The number of ether oxygens (including phenoxy) is 1. The first-order valence-corrected chi connectivity index (χ1v) is 18.2. The number of rotatable bonds is 10. The van der Waals surface area contributed by atoms with Crippen molar-refractivity contribution in [2.45, 2.75) is 38.3 Å². The molecule has 0 amide bonds. The van der Waals surface area contributed by atoms with Crippen LogP contribution in [-0.2, 0) is 6.42 Å². The smallest absolute Gasteiger partial charge is 0.229 e. The van der Waals surface area contributed by atoms with Crippen LogP contribution in [0.1, 0.15) is 25.3 Å². The molecule has 0 spiro atoms. The van der Waals surface area contributed by atoms with E-state index in [4.69, 9.17) is 9.72 Å². The number of benzene rings is 2. The van der Waals surface area contributed by atoms with Crippen LogP contribution in [0.4, 0.5) is 28.8 Å². The normalized spacial score (nSPS) is 19.2. The van der Waals surface area contributed by atoms with Gasteiger partial charge in [0.1, 0.15) is 11.6 Å². The van der Waals surface area contributed by atoms with Gasteiger partial charge >= 0.3 is 0 Å². The minimum absolute atomic E-state index is 0.462. The zero-order valence-electron chi connectivity index (χ0n) is 26.1. The number of piperazine rings is 1. The van der Waals surface area contributed by atoms with Crippen molar-refractivity contribution >= 4 is 69.0 Å². The van der Waals surface area contributed by atoms with Gasteiger partial charge in [-0.05, 0) is 79.3 Å². The van der Waals surface area contributed by atoms with Crippen molar-refractivity contribution in [3.63, 3.8) is 0 Å². The van der Waals surface area contributed by atoms with E-state index in [1.807, 2.05) is 12.1 Å². The summed E-state index contributed by atoms with van der Waals surface area (Å²) in [6.07, 6.45) is 8.49. The zero-order valence-corrected chi connectivity index (χ0v) is 28.5. The highest BCUT2D eigenvalue weighted by atomic mass is 79.9. The van der Waals surface area contributed by atoms with Gasteiger partial charge in [0.15, 0.2) is 0 Å². The summed E-state index contributed by atoms with van der Waals surface area (Å²) in [5, 5.41) is 11.9. The lowest BCUT2D eigenvalue weighted by Gasteiger charge is -2.46. The first-order chi connectivity index (χ1) is 21.3. The molecule has 6 rings (SSSR count). The lowest BCUT2D eigenvalue weighted by Crippen LogP contribution is -2.55. The van der Waals surface area contributed by atoms with Gasteiger partial charge < -0.3 is 25.6 Å². The summed E-state index contributed by atoms with van der Waals surface area (Å²) in [6.45, 7) is 11.3. The Bertz CT molecular complexity index is 1620. The van der Waals surface area contributed by atoms with E-state index in [9.17, 15) is 0 Å². The molecule has 1 saturated carbocycles. The zero-order chi connectivity index (χ0) is 30.8. The van der Waals surface area contributed by atoms with E-state index in [0.717, 1.165) is 63.1 Å². The summed E-state index contributed by atoms with van der Waals surface area (Å²) in [7, 11) is 3.45. The van der Waals surface area contributed by atoms with Crippen LogP contribution in [0.15, 0.2) is 47.3 Å². The summed E-state index contributed by atoms with van der Waals surface area (Å²) in [4.78, 5) is 23.6. The van der Waals surface area contributed by atoms with Crippen molar-refractivity contribution in [3.8, 4) is 5.75 Å². The predicted octanol–water partition coefficient (Wildman–Crippen LogP) is 5.80. The van der Waals surface area contributed by atoms with Gasteiger partial charge in [0.2, 0.25) is 5.95 Å². The van der Waals surface area contributed by atoms with Gasteiger partial charge in [0, 0.05) is 79.6 Å². The fraction of sp³-hybridized carbons (Fsp3) is 0.438. The minimum atomic E-state index is -0.462. The summed E-state index contributed by atoms with van der Waals surface area (Å²) in [5.74, 6) is 1.89. The third kappa shape index (κ3) is 6.61. The minimum Gasteiger partial charge on any atom is -0.494 e. The molecule has 1 saturated heterocycles. The van der Waals surface area contributed by atoms with Crippen LogP contribution < -0.4 is 26.0 Å². The molecule has 3 heterocycles. The second kappa shape index (κ2) is 13.5. The Morgan fingerprint density at radius 3 is 2.48 bits per heavy atom. The van der Waals surface area contributed by atoms with Crippen LogP contribution in [0, 0.1) is 0 Å². The number of anilines is 5. The fourth-order valence-electron chi connectivity index (χ4n) is 6.07. The SMILES string of the molecule is CCc1cc(Nc2ncc(Br)c(Nc3ccc4nccnc4c3P(C)C)n2)c(OC)cc1N[C@H]1C[C@H](N2CCN(C)CC2)C1. The van der Waals surface area contributed by atoms with Crippen molar-refractivity contribution in [3.05, 3.63) is 52.9 Å². The molecule has 2 fully saturated rings. The molecule has 3 N–H and O–H groups in total. The molecule has 0 atom stereocenters. The molecule has 1 aliphatic carbocycles. The van der Waals surface area contributed by atoms with Crippen molar-refractivity contribution < 1.29 is 4.74 Å². The highest BCUT2D eigenvalue weighted by molar-refractivity contribution is 9.10. The maximum Gasteiger partial charge on any atom is 0.229 e. The molecule has 2 aliphatic rings. The van der Waals surface area contributed by atoms with E-state index in [1.54, 1.807) is 25.7 Å². The Hall–Kier alpha value is -3.11. The predicted molar refractivity (Wildman–Crippen MR) is 186 cm³/mol. The Balaban J connectivity index is 1.19. The molecule has 0 unspecified atom stereocenters. The van der Waals surface area contributed by atoms with Crippen LogP contribution in [0.25, 0.3) is 11.0 Å². The molecule has 2 aromatic carbocycles. The van der Waals surface area contributed by atoms with Gasteiger partial charge in [0.25, 0.3) is 0 Å². The molecule has 10 nitrogen and oxygen atoms in total. The number of hydrogen-bond donors (Lipinski definition) is 3. The average molecular weight is 679 g/mol. The Morgan fingerprint density at radius 1 is 0.977 bits per heavy atom. The fourth-order valence-corrected chi connectivity index (χ4v) is 7.57. The second-order valence-corrected chi connectivity index (χ2v) is 14.9. The van der Waals surface area contributed by atoms with Crippen LogP contribution >= 0.6 is 23.9 Å². The molecule has 0 bridgehead atoms. The van der Waals surface area contributed by atoms with Gasteiger partial charge in [-0.15, -0.1) is 0 Å². The highest BCUT2D eigenvalue weighted by Gasteiger charge is 2.35. The largest absolute Gasteiger partial charge is 0.494 e. The van der Waals surface area contributed by atoms with E-state index in [2.05, 4.69) is 96.1 Å². The number of hydrogen-bond acceptors (Lipinski definition) is 10. The lowest BCUT2D eigenvalue weighted by atomic mass is 9.84. The summed E-state index contributed by atoms with van der Waals surface area (Å²) in [6, 6.07) is 9.47. The summed E-state index contributed by atoms with van der Waals surface area (Å²) < 4.78 is 6.61. The highest BCUT2D eigenvalue weighted by Crippen LogP contribution is 2.38. The van der Waals surface area contributed by atoms with Gasteiger partial charge in [0.05, 0.1) is 28.3 Å². The molecule has 4 aromatic rings. The van der Waals surface area contributed by atoms with E-state index in [-0.39, 0.29) is 0 Å². The van der Waals surface area contributed by atoms with Crippen molar-refractivity contribution in [1.29, 1.82) is 0 Å². The molecule has 12 heteroatoms. The topological polar surface area (TPSA) is 103 Å². The third-order valence-electron chi connectivity index (χ3n) is 8.64. The quantitative estimate of drug-likeness (QED) is 0.179. The standard InChI is InChI=1S/C32H41BrN9OP/c1-6-20-15-27(28(43-3)18-26(20)37-21-16-22(17-21)42-13-11-41(2)12-14-42)39-32-36-19-23(33)31(40-32)38-25-8-7-24-29(30(25)44(4)5)35-10-9-34-24/h7-10,15,18-19,21-22,37H,6,11-14,16-17H2,1-5H3,(H2,36,38,39,40)/t21-,22-. The number of aryl methyl sites for hydroxylation is 1. The van der Waals surface area contributed by atoms with Gasteiger partial charge in [-0.25, -0.2) is 4.98 Å². The first kappa shape index (κ1) is 30.9. The van der Waals surface area contributed by atoms with Crippen molar-refractivity contribution in [2.24, 2.45) is 0 Å². The number of methoxy groups -OCH3 is 1. The Morgan fingerprint density at radius 2 is 1.75 bits per heavy atom. The van der Waals surface area contributed by atoms with E-state index >= 15 is 0 Å². The van der Waals surface area contributed by atoms with Crippen LogP contribution in [0.3, 0.4) is 0 Å². The van der Waals surface area contributed by atoms with Crippen LogP contribution in [0.2, 0.25) is 0 Å². The van der Waals surface area contributed by atoms with Crippen LogP contribution in [-0.4, -0.2) is 95.5 Å². The monoisotopic (exact) mass is 677 g/mol. The van der Waals surface area contributed by atoms with Gasteiger partial charge in [-0.2, -0.15) is 4.98 Å². The number of nitrogens with one attached hydrogen (secondary N) is 3. The molecular weight excluding hydrogens is 637 g/mol. The number of fused-ring (bicyclic) bond motifs is 1. The molecular formula is C32H41BrN9OP. The maximum atomic E-state index is 5.84. The summed E-state index contributed by atoms with van der Waals surface area (Å²) >= 11 is 3.64. The number of likely N-dealkylation sites (N-methyl/N-ethyl adjacent to an activating group) is 1. The number of nitrogens with zero attached hydrogens (tertiary/aromatic N) is 6. The van der Waals surface area contributed by atoms with Crippen molar-refractivity contribution in [1.82, 2.24) is 29.7 Å². The summed E-state index contributed by atoms with van der Waals surface area (Å²) in [5.41, 5.74) is 5.97. The Kier molecular flexibility index (Phi) is 9.47. The molecule has 2 aromatic heterocycles. The van der Waals surface area contributed by atoms with E-state index in [0.29, 0.717) is 23.8 Å². The first-order valence-electron chi connectivity index (χ1n) is 15.2. The van der Waals surface area contributed by atoms with Gasteiger partial charge in [-0.1, -0.05) is 14.8 Å². The molecule has 0 radical (unpaired) electrons. The lowest BCUT2D eigenvalue weighted by molar-refractivity contribution is 0.0657. The van der Waals surface area contributed by atoms with E-state index in [1.165, 1.54) is 31.5 Å². The van der Waals surface area contributed by atoms with E-state index < -0.39 is 7.92 Å². The third-order valence-corrected chi connectivity index (χ3v) is 10.6. The maximum absolute atomic E-state index is 5.84. The number of halogens is 1. The average Bonchev–Trinajstić information content (AvgIpc) is 3.00. The number of aromatic nitrogens is 4. The second-order valence-electron chi connectivity index (χ2n) is 11.8. The van der Waals surface area contributed by atoms with Crippen molar-refractivity contribution in [2.75, 3.05) is 69.6 Å². The Labute approximate surface area is 269 Å². The van der Waals surface area contributed by atoms with Crippen LogP contribution in [0.5, 0.6) is 5.75 Å². The molecule has 1 aliphatic heterocycles.